The normalized spacial score (nSPS) is 19.2. The molecule has 3 aromatic rings. The topological polar surface area (TPSA) is 112 Å². The molecule has 14 heteroatoms. The Kier molecular flexibility index (Phi) is 7.99. The summed E-state index contributed by atoms with van der Waals surface area (Å²) in [5, 5.41) is 9.20. The van der Waals surface area contributed by atoms with Crippen LogP contribution in [0.15, 0.2) is 48.7 Å². The molecular weight excluding hydrogens is 559 g/mol. The smallest absolute Gasteiger partial charge is 0.421 e. The van der Waals surface area contributed by atoms with Crippen molar-refractivity contribution in [3.63, 3.8) is 0 Å². The van der Waals surface area contributed by atoms with Crippen LogP contribution in [-0.2, 0) is 22.6 Å². The summed E-state index contributed by atoms with van der Waals surface area (Å²) in [5.41, 5.74) is 1.97. The first-order chi connectivity index (χ1) is 19.5. The minimum atomic E-state index is -4.74. The summed E-state index contributed by atoms with van der Waals surface area (Å²) in [6.07, 6.45) is -2.64. The summed E-state index contributed by atoms with van der Waals surface area (Å²) < 4.78 is 73.8. The molecule has 5 rings (SSSR count). The van der Waals surface area contributed by atoms with Gasteiger partial charge in [-0.25, -0.2) is 13.4 Å². The highest BCUT2D eigenvalue weighted by molar-refractivity contribution is 7.88. The lowest BCUT2D eigenvalue weighted by Gasteiger charge is -2.30. The number of rotatable bonds is 8. The van der Waals surface area contributed by atoms with Gasteiger partial charge in [0.2, 0.25) is 16.0 Å². The van der Waals surface area contributed by atoms with Gasteiger partial charge in [0.1, 0.15) is 17.1 Å². The highest BCUT2D eigenvalue weighted by atomic mass is 32.2. The van der Waals surface area contributed by atoms with Crippen LogP contribution in [0.25, 0.3) is 0 Å². The zero-order valence-corrected chi connectivity index (χ0v) is 23.7. The number of hydrogen-bond acceptors (Lipinski definition) is 9. The second-order valence-electron chi connectivity index (χ2n) is 10.1. The monoisotopic (exact) mass is 591 g/mol. The number of methoxy groups -OCH3 is 1. The van der Waals surface area contributed by atoms with E-state index in [2.05, 4.69) is 30.8 Å². The van der Waals surface area contributed by atoms with Gasteiger partial charge in [-0.3, -0.25) is 0 Å². The summed E-state index contributed by atoms with van der Waals surface area (Å²) in [6, 6.07) is 11.3. The number of hydrogen-bond donors (Lipinski definition) is 3. The minimum Gasteiger partial charge on any atom is -0.494 e. The Hall–Kier alpha value is -3.62. The molecule has 41 heavy (non-hydrogen) atoms. The number of ether oxygens (including phenoxy) is 1. The third-order valence-corrected chi connectivity index (χ3v) is 8.71. The summed E-state index contributed by atoms with van der Waals surface area (Å²) in [4.78, 5) is 10.4. The van der Waals surface area contributed by atoms with Crippen molar-refractivity contribution in [1.82, 2.24) is 19.6 Å². The Morgan fingerprint density at radius 2 is 1.88 bits per heavy atom. The Bertz CT molecular complexity index is 1510. The zero-order valence-electron chi connectivity index (χ0n) is 22.9. The van der Waals surface area contributed by atoms with Crippen LogP contribution in [0.2, 0.25) is 0 Å². The Labute approximate surface area is 237 Å². The molecule has 0 unspecified atom stereocenters. The molecule has 2 aliphatic rings. The molecule has 1 aliphatic heterocycles. The average Bonchev–Trinajstić information content (AvgIpc) is 3.29. The van der Waals surface area contributed by atoms with Gasteiger partial charge in [-0.1, -0.05) is 24.3 Å². The number of likely N-dealkylation sites (N-methyl/N-ethyl adjacent to an activating group) is 1. The lowest BCUT2D eigenvalue weighted by molar-refractivity contribution is -0.137. The van der Waals surface area contributed by atoms with Crippen molar-refractivity contribution >= 4 is 33.2 Å². The summed E-state index contributed by atoms with van der Waals surface area (Å²) in [6.45, 7) is 3.41. The maximum Gasteiger partial charge on any atom is 0.421 e. The molecule has 0 saturated carbocycles. The van der Waals surface area contributed by atoms with E-state index >= 15 is 0 Å². The third kappa shape index (κ3) is 6.19. The molecular formula is C27H32F3N7O3S. The van der Waals surface area contributed by atoms with Crippen LogP contribution in [-0.4, -0.2) is 75.3 Å². The van der Waals surface area contributed by atoms with E-state index in [0.29, 0.717) is 17.9 Å². The summed E-state index contributed by atoms with van der Waals surface area (Å²) in [5.74, 6) is -0.0338. The van der Waals surface area contributed by atoms with Crippen LogP contribution in [0.4, 0.5) is 36.3 Å². The van der Waals surface area contributed by atoms with Crippen LogP contribution in [0.3, 0.4) is 0 Å². The van der Waals surface area contributed by atoms with Gasteiger partial charge in [0.15, 0.2) is 0 Å². The number of anilines is 4. The van der Waals surface area contributed by atoms with Crippen molar-refractivity contribution in [3.8, 4) is 5.75 Å². The predicted molar refractivity (Wildman–Crippen MR) is 151 cm³/mol. The number of halogens is 3. The standard InChI is InChI=1S/C27H32F3N7O3S/c1-36(41(3,38)39)24-19-7-5-4-6-17(19)14-22(24)33-25-20(27(28,29)30)16-32-26(35-25)34-21-9-8-18(15-23(21)40-2)37-12-10-31-11-13-37/h4-9,15-16,22,24,31H,10-14H2,1-3H3,(H2,32,33,34,35)/t22-,24-/m1/s1. The number of nitrogens with one attached hydrogen (secondary N) is 3. The predicted octanol–water partition coefficient (Wildman–Crippen LogP) is 3.63. The first-order valence-corrected chi connectivity index (χ1v) is 14.9. The number of sulfonamides is 1. The molecule has 1 aliphatic carbocycles. The van der Waals surface area contributed by atoms with E-state index in [1.807, 2.05) is 24.3 Å². The molecule has 0 amide bonds. The minimum absolute atomic E-state index is 0.0720. The lowest BCUT2D eigenvalue weighted by Crippen LogP contribution is -2.43. The first kappa shape index (κ1) is 28.9. The van der Waals surface area contributed by atoms with E-state index in [0.717, 1.165) is 55.4 Å². The van der Waals surface area contributed by atoms with Gasteiger partial charge >= 0.3 is 6.18 Å². The highest BCUT2D eigenvalue weighted by Crippen LogP contribution is 2.41. The summed E-state index contributed by atoms with van der Waals surface area (Å²) >= 11 is 0. The molecule has 2 aromatic carbocycles. The number of piperazine rings is 1. The number of aromatic nitrogens is 2. The van der Waals surface area contributed by atoms with Gasteiger partial charge in [-0.2, -0.15) is 22.5 Å². The molecule has 10 nitrogen and oxygen atoms in total. The van der Waals surface area contributed by atoms with Crippen LogP contribution in [0, 0.1) is 0 Å². The quantitative estimate of drug-likeness (QED) is 0.362. The van der Waals surface area contributed by atoms with E-state index in [4.69, 9.17) is 4.74 Å². The highest BCUT2D eigenvalue weighted by Gasteiger charge is 2.41. The maximum atomic E-state index is 14.1. The molecule has 2 atom stereocenters. The van der Waals surface area contributed by atoms with Gasteiger partial charge in [0.25, 0.3) is 0 Å². The van der Waals surface area contributed by atoms with Crippen LogP contribution in [0.1, 0.15) is 22.7 Å². The lowest BCUT2D eigenvalue weighted by atomic mass is 10.1. The second-order valence-corrected chi connectivity index (χ2v) is 12.1. The van der Waals surface area contributed by atoms with E-state index in [1.54, 1.807) is 18.2 Å². The van der Waals surface area contributed by atoms with Crippen molar-refractivity contribution < 1.29 is 26.3 Å². The van der Waals surface area contributed by atoms with Crippen molar-refractivity contribution in [1.29, 1.82) is 0 Å². The van der Waals surface area contributed by atoms with Crippen LogP contribution < -0.4 is 25.6 Å². The molecule has 3 N–H and O–H groups in total. The molecule has 220 valence electrons. The van der Waals surface area contributed by atoms with Crippen LogP contribution in [0.5, 0.6) is 5.75 Å². The van der Waals surface area contributed by atoms with Crippen molar-refractivity contribution in [2.24, 2.45) is 0 Å². The van der Waals surface area contributed by atoms with Gasteiger partial charge in [0, 0.05) is 51.2 Å². The number of alkyl halides is 3. The SMILES string of the molecule is COc1cc(N2CCNCC2)ccc1Nc1ncc(C(F)(F)F)c(N[C@@H]2Cc3ccccc3[C@H]2N(C)S(C)(=O)=O)n1. The van der Waals surface area contributed by atoms with Gasteiger partial charge in [-0.15, -0.1) is 0 Å². The molecule has 1 saturated heterocycles. The van der Waals surface area contributed by atoms with Gasteiger partial charge in [0.05, 0.1) is 31.1 Å². The largest absolute Gasteiger partial charge is 0.494 e. The number of fused-ring (bicyclic) bond motifs is 1. The molecule has 0 spiro atoms. The van der Waals surface area contributed by atoms with Crippen molar-refractivity contribution in [3.05, 3.63) is 65.4 Å². The fourth-order valence-corrected chi connectivity index (χ4v) is 5.99. The second kappa shape index (κ2) is 11.3. The van der Waals surface area contributed by atoms with Gasteiger partial charge in [-0.05, 0) is 29.7 Å². The Balaban J connectivity index is 1.46. The van der Waals surface area contributed by atoms with E-state index < -0.39 is 39.7 Å². The average molecular weight is 592 g/mol. The van der Waals surface area contributed by atoms with Crippen molar-refractivity contribution in [2.75, 3.05) is 62.1 Å². The van der Waals surface area contributed by atoms with E-state index in [9.17, 15) is 21.6 Å². The maximum absolute atomic E-state index is 14.1. The molecule has 0 bridgehead atoms. The molecule has 1 fully saturated rings. The van der Waals surface area contributed by atoms with E-state index in [-0.39, 0.29) is 5.95 Å². The number of nitrogens with zero attached hydrogens (tertiary/aromatic N) is 4. The fourth-order valence-electron chi connectivity index (χ4n) is 5.32. The molecule has 0 radical (unpaired) electrons. The van der Waals surface area contributed by atoms with Crippen LogP contribution >= 0.6 is 0 Å². The summed E-state index contributed by atoms with van der Waals surface area (Å²) in [7, 11) is -0.722. The Morgan fingerprint density at radius 3 is 2.56 bits per heavy atom. The third-order valence-electron chi connectivity index (χ3n) is 7.44. The van der Waals surface area contributed by atoms with Gasteiger partial charge < -0.3 is 25.6 Å². The van der Waals surface area contributed by atoms with Crippen molar-refractivity contribution in [2.45, 2.75) is 24.7 Å². The molecule has 2 heterocycles. The van der Waals surface area contributed by atoms with E-state index in [1.165, 1.54) is 18.5 Å². The number of benzene rings is 2. The first-order valence-electron chi connectivity index (χ1n) is 13.1. The Morgan fingerprint density at radius 1 is 1.15 bits per heavy atom. The zero-order chi connectivity index (χ0) is 29.4. The molecule has 1 aromatic heterocycles. The fraction of sp³-hybridized carbons (Fsp3) is 0.407.